The van der Waals surface area contributed by atoms with Crippen LogP contribution in [0.15, 0.2) is 18.2 Å². The van der Waals surface area contributed by atoms with Crippen LogP contribution in [0.25, 0.3) is 0 Å². The first-order valence-corrected chi connectivity index (χ1v) is 7.71. The standard InChI is InChI=1S/C16H21FN2O3/c17-13-10-11(4-5-14(13)22-12-2-1-3-12)19-15(20)16(18)6-8-21-9-7-16/h4-5,10,12H,1-3,6-9,18H2,(H,19,20). The first kappa shape index (κ1) is 15.2. The summed E-state index contributed by atoms with van der Waals surface area (Å²) in [7, 11) is 0. The molecular formula is C16H21FN2O3. The van der Waals surface area contributed by atoms with Crippen molar-refractivity contribution in [2.24, 2.45) is 5.73 Å². The van der Waals surface area contributed by atoms with Gasteiger partial charge in [0.15, 0.2) is 11.6 Å². The molecule has 1 saturated heterocycles. The van der Waals surface area contributed by atoms with Crippen molar-refractivity contribution in [1.29, 1.82) is 0 Å². The van der Waals surface area contributed by atoms with Crippen molar-refractivity contribution in [2.45, 2.75) is 43.7 Å². The van der Waals surface area contributed by atoms with E-state index in [4.69, 9.17) is 15.2 Å². The molecule has 0 atom stereocenters. The van der Waals surface area contributed by atoms with Crippen LogP contribution in [0.2, 0.25) is 0 Å². The highest BCUT2D eigenvalue weighted by Crippen LogP contribution is 2.29. The van der Waals surface area contributed by atoms with E-state index in [1.54, 1.807) is 12.1 Å². The lowest BCUT2D eigenvalue weighted by molar-refractivity contribution is -0.124. The summed E-state index contributed by atoms with van der Waals surface area (Å²) >= 11 is 0. The summed E-state index contributed by atoms with van der Waals surface area (Å²) in [6.45, 7) is 0.929. The number of nitrogens with two attached hydrogens (primary N) is 1. The number of carbonyl (C=O) groups excluding carboxylic acids is 1. The van der Waals surface area contributed by atoms with Crippen molar-refractivity contribution in [1.82, 2.24) is 0 Å². The summed E-state index contributed by atoms with van der Waals surface area (Å²) in [6.07, 6.45) is 4.10. The lowest BCUT2D eigenvalue weighted by atomic mass is 9.90. The highest BCUT2D eigenvalue weighted by molar-refractivity contribution is 5.98. The average Bonchev–Trinajstić information content (AvgIpc) is 2.45. The van der Waals surface area contributed by atoms with Gasteiger partial charge < -0.3 is 20.5 Å². The van der Waals surface area contributed by atoms with Crippen molar-refractivity contribution in [2.75, 3.05) is 18.5 Å². The summed E-state index contributed by atoms with van der Waals surface area (Å²) in [5, 5.41) is 2.69. The van der Waals surface area contributed by atoms with Crippen LogP contribution in [0.1, 0.15) is 32.1 Å². The Hall–Kier alpha value is -1.66. The van der Waals surface area contributed by atoms with Gasteiger partial charge >= 0.3 is 0 Å². The Bertz CT molecular complexity index is 554. The van der Waals surface area contributed by atoms with Crippen LogP contribution in [0, 0.1) is 5.82 Å². The maximum absolute atomic E-state index is 14.0. The number of hydrogen-bond donors (Lipinski definition) is 2. The number of carbonyl (C=O) groups is 1. The molecule has 2 fully saturated rings. The van der Waals surface area contributed by atoms with Crippen molar-refractivity contribution in [3.8, 4) is 5.75 Å². The summed E-state index contributed by atoms with van der Waals surface area (Å²) in [5.41, 5.74) is 5.54. The van der Waals surface area contributed by atoms with Gasteiger partial charge in [-0.2, -0.15) is 0 Å². The number of amides is 1. The Morgan fingerprint density at radius 3 is 2.68 bits per heavy atom. The summed E-state index contributed by atoms with van der Waals surface area (Å²) in [6, 6.07) is 4.46. The van der Waals surface area contributed by atoms with Gasteiger partial charge in [-0.1, -0.05) is 0 Å². The van der Waals surface area contributed by atoms with E-state index < -0.39 is 11.4 Å². The summed E-state index contributed by atoms with van der Waals surface area (Å²) in [5.74, 6) is -0.540. The molecule has 3 N–H and O–H groups in total. The van der Waals surface area contributed by atoms with E-state index in [0.29, 0.717) is 31.7 Å². The third kappa shape index (κ3) is 3.23. The van der Waals surface area contributed by atoms with E-state index in [2.05, 4.69) is 5.32 Å². The predicted molar refractivity (Wildman–Crippen MR) is 80.3 cm³/mol. The summed E-state index contributed by atoms with van der Waals surface area (Å²) < 4.78 is 24.8. The molecule has 0 spiro atoms. The fourth-order valence-corrected chi connectivity index (χ4v) is 2.56. The van der Waals surface area contributed by atoms with Crippen LogP contribution >= 0.6 is 0 Å². The van der Waals surface area contributed by atoms with E-state index in [1.165, 1.54) is 6.07 Å². The molecule has 1 aliphatic heterocycles. The van der Waals surface area contributed by atoms with E-state index in [1.807, 2.05) is 0 Å². The number of halogens is 1. The number of nitrogens with one attached hydrogen (secondary N) is 1. The number of anilines is 1. The Morgan fingerprint density at radius 2 is 2.09 bits per heavy atom. The zero-order chi connectivity index (χ0) is 15.6. The quantitative estimate of drug-likeness (QED) is 0.894. The maximum Gasteiger partial charge on any atom is 0.244 e. The number of ether oxygens (including phenoxy) is 2. The van der Waals surface area contributed by atoms with E-state index >= 15 is 0 Å². The third-order valence-electron chi connectivity index (χ3n) is 4.37. The number of benzene rings is 1. The lowest BCUT2D eigenvalue weighted by Crippen LogP contribution is -2.54. The fourth-order valence-electron chi connectivity index (χ4n) is 2.56. The second kappa shape index (κ2) is 6.22. The van der Waals surface area contributed by atoms with E-state index in [0.717, 1.165) is 19.3 Å². The molecule has 1 heterocycles. The van der Waals surface area contributed by atoms with Crippen molar-refractivity contribution in [3.63, 3.8) is 0 Å². The van der Waals surface area contributed by atoms with Crippen molar-refractivity contribution < 1.29 is 18.7 Å². The third-order valence-corrected chi connectivity index (χ3v) is 4.37. The van der Waals surface area contributed by atoms with Crippen molar-refractivity contribution in [3.05, 3.63) is 24.0 Å². The SMILES string of the molecule is NC1(C(=O)Nc2ccc(OC3CCC3)c(F)c2)CCOCC1. The van der Waals surface area contributed by atoms with Gasteiger partial charge in [0, 0.05) is 25.0 Å². The highest BCUT2D eigenvalue weighted by atomic mass is 19.1. The molecule has 0 unspecified atom stereocenters. The lowest BCUT2D eigenvalue weighted by Gasteiger charge is -2.31. The first-order valence-electron chi connectivity index (χ1n) is 7.71. The largest absolute Gasteiger partial charge is 0.487 e. The topological polar surface area (TPSA) is 73.6 Å². The molecule has 0 radical (unpaired) electrons. The average molecular weight is 308 g/mol. The minimum Gasteiger partial charge on any atom is -0.487 e. The predicted octanol–water partition coefficient (Wildman–Crippen LogP) is 2.20. The van der Waals surface area contributed by atoms with Gasteiger partial charge in [0.2, 0.25) is 5.91 Å². The van der Waals surface area contributed by atoms with Crippen LogP contribution in [0.3, 0.4) is 0 Å². The molecule has 0 aromatic heterocycles. The Labute approximate surface area is 129 Å². The Balaban J connectivity index is 1.64. The molecule has 1 aromatic carbocycles. The number of hydrogen-bond acceptors (Lipinski definition) is 4. The molecule has 0 bridgehead atoms. The normalized spacial score (nSPS) is 21.0. The van der Waals surface area contributed by atoms with Crippen LogP contribution in [0.5, 0.6) is 5.75 Å². The highest BCUT2D eigenvalue weighted by Gasteiger charge is 2.36. The van der Waals surface area contributed by atoms with Gasteiger partial charge in [0.25, 0.3) is 0 Å². The van der Waals surface area contributed by atoms with Gasteiger partial charge in [-0.25, -0.2) is 4.39 Å². The van der Waals surface area contributed by atoms with Gasteiger partial charge in [-0.3, -0.25) is 4.79 Å². The molecule has 22 heavy (non-hydrogen) atoms. The van der Waals surface area contributed by atoms with Gasteiger partial charge in [-0.15, -0.1) is 0 Å². The minimum absolute atomic E-state index is 0.115. The second-order valence-electron chi connectivity index (χ2n) is 6.04. The van der Waals surface area contributed by atoms with Crippen LogP contribution in [0.4, 0.5) is 10.1 Å². The fraction of sp³-hybridized carbons (Fsp3) is 0.562. The monoisotopic (exact) mass is 308 g/mol. The van der Waals surface area contributed by atoms with Crippen LogP contribution in [-0.2, 0) is 9.53 Å². The Morgan fingerprint density at radius 1 is 1.36 bits per heavy atom. The molecule has 1 aromatic rings. The summed E-state index contributed by atoms with van der Waals surface area (Å²) in [4.78, 5) is 12.3. The van der Waals surface area contributed by atoms with Crippen LogP contribution < -0.4 is 15.8 Å². The maximum atomic E-state index is 14.0. The Kier molecular flexibility index (Phi) is 4.31. The molecule has 2 aliphatic rings. The zero-order valence-corrected chi connectivity index (χ0v) is 12.4. The molecule has 5 nitrogen and oxygen atoms in total. The van der Waals surface area contributed by atoms with Gasteiger partial charge in [0.1, 0.15) is 5.54 Å². The van der Waals surface area contributed by atoms with Gasteiger partial charge in [-0.05, 0) is 44.2 Å². The minimum atomic E-state index is -0.949. The molecule has 6 heteroatoms. The molecule has 120 valence electrons. The van der Waals surface area contributed by atoms with Gasteiger partial charge in [0.05, 0.1) is 6.10 Å². The van der Waals surface area contributed by atoms with E-state index in [-0.39, 0.29) is 17.8 Å². The number of rotatable bonds is 4. The zero-order valence-electron chi connectivity index (χ0n) is 12.4. The molecule has 1 aliphatic carbocycles. The van der Waals surface area contributed by atoms with E-state index in [9.17, 15) is 9.18 Å². The smallest absolute Gasteiger partial charge is 0.244 e. The molecule has 3 rings (SSSR count). The molecule has 1 saturated carbocycles. The first-order chi connectivity index (χ1) is 10.6. The molecule has 1 amide bonds. The second-order valence-corrected chi connectivity index (χ2v) is 6.04. The van der Waals surface area contributed by atoms with Crippen LogP contribution in [-0.4, -0.2) is 30.8 Å². The molecular weight excluding hydrogens is 287 g/mol. The van der Waals surface area contributed by atoms with Crippen molar-refractivity contribution >= 4 is 11.6 Å².